The summed E-state index contributed by atoms with van der Waals surface area (Å²) in [6.07, 6.45) is 2.15. The van der Waals surface area contributed by atoms with Gasteiger partial charge in [-0.3, -0.25) is 10.7 Å². The molecule has 0 radical (unpaired) electrons. The Morgan fingerprint density at radius 2 is 2.20 bits per heavy atom. The van der Waals surface area contributed by atoms with Crippen LogP contribution in [0.1, 0.15) is 12.5 Å². The lowest BCUT2D eigenvalue weighted by Crippen LogP contribution is -2.14. The third-order valence-electron chi connectivity index (χ3n) is 3.11. The highest BCUT2D eigenvalue weighted by molar-refractivity contribution is 5.82. The van der Waals surface area contributed by atoms with Crippen LogP contribution >= 0.6 is 0 Å². The Bertz CT molecular complexity index is 670. The Morgan fingerprint density at radius 3 is 3.05 bits per heavy atom. The highest BCUT2D eigenvalue weighted by Crippen LogP contribution is 2.36. The molecule has 102 valence electrons. The highest BCUT2D eigenvalue weighted by atomic mass is 16.5. The van der Waals surface area contributed by atoms with Gasteiger partial charge >= 0.3 is 0 Å². The summed E-state index contributed by atoms with van der Waals surface area (Å²) in [6.45, 7) is 2.21. The third-order valence-corrected chi connectivity index (χ3v) is 3.11. The number of para-hydroxylation sites is 1. The molecule has 1 aromatic carbocycles. The van der Waals surface area contributed by atoms with E-state index in [1.807, 2.05) is 29.7 Å². The van der Waals surface area contributed by atoms with E-state index < -0.39 is 0 Å². The lowest BCUT2D eigenvalue weighted by atomic mass is 10.0. The summed E-state index contributed by atoms with van der Waals surface area (Å²) >= 11 is 0. The Labute approximate surface area is 116 Å². The minimum Gasteiger partial charge on any atom is -0.493 e. The van der Waals surface area contributed by atoms with Crippen LogP contribution in [0.5, 0.6) is 5.75 Å². The van der Waals surface area contributed by atoms with Crippen molar-refractivity contribution in [3.63, 3.8) is 0 Å². The maximum absolute atomic E-state index is 8.86. The number of hydrogen-bond acceptors (Lipinski definition) is 5. The molecule has 0 atom stereocenters. The van der Waals surface area contributed by atoms with Gasteiger partial charge in [0.1, 0.15) is 17.9 Å². The van der Waals surface area contributed by atoms with E-state index >= 15 is 0 Å². The molecule has 3 rings (SSSR count). The molecule has 0 amide bonds. The fourth-order valence-electron chi connectivity index (χ4n) is 2.20. The maximum Gasteiger partial charge on any atom is 0.161 e. The van der Waals surface area contributed by atoms with Crippen LogP contribution in [0, 0.1) is 0 Å². The van der Waals surface area contributed by atoms with Gasteiger partial charge in [0, 0.05) is 17.5 Å². The smallest absolute Gasteiger partial charge is 0.161 e. The van der Waals surface area contributed by atoms with Crippen molar-refractivity contribution in [2.45, 2.75) is 13.3 Å². The van der Waals surface area contributed by atoms with E-state index in [0.29, 0.717) is 24.7 Å². The number of aromatic nitrogens is 2. The first-order chi connectivity index (χ1) is 9.79. The molecular weight excluding hydrogens is 256 g/mol. The second kappa shape index (κ2) is 5.26. The molecule has 1 aromatic heterocycles. The van der Waals surface area contributed by atoms with Crippen LogP contribution in [0.3, 0.4) is 0 Å². The van der Waals surface area contributed by atoms with Crippen molar-refractivity contribution >= 4 is 11.7 Å². The first-order valence-electron chi connectivity index (χ1n) is 6.31. The number of nitrogens with zero attached hydrogens (tertiary/aromatic N) is 3. The number of amidine groups is 1. The molecule has 20 heavy (non-hydrogen) atoms. The zero-order valence-electron chi connectivity index (χ0n) is 11.0. The van der Waals surface area contributed by atoms with Crippen molar-refractivity contribution in [2.75, 3.05) is 6.61 Å². The first-order valence-corrected chi connectivity index (χ1v) is 6.31. The minimum atomic E-state index is 0.379. The summed E-state index contributed by atoms with van der Waals surface area (Å²) in [7, 11) is 0. The standard InChI is InChI=1S/C14H14N4O2/c1-9(18-19)17-14-11-6-7-20-12-5-3-2-4-10(12)13(11)15-8-16-14/h2-5,8,19H,6-7H2,1H3,(H,15,16,17,18). The first kappa shape index (κ1) is 12.6. The van der Waals surface area contributed by atoms with Crippen LogP contribution in [-0.2, 0) is 6.42 Å². The maximum atomic E-state index is 8.86. The molecule has 0 saturated heterocycles. The number of fused-ring (bicyclic) bond motifs is 3. The molecule has 0 aliphatic carbocycles. The second-order valence-electron chi connectivity index (χ2n) is 4.43. The van der Waals surface area contributed by atoms with Crippen molar-refractivity contribution in [3.05, 3.63) is 36.2 Å². The van der Waals surface area contributed by atoms with E-state index in [-0.39, 0.29) is 0 Å². The molecule has 0 saturated carbocycles. The van der Waals surface area contributed by atoms with Crippen LogP contribution in [0.15, 0.2) is 35.6 Å². The number of nitrogens with one attached hydrogen (secondary N) is 1. The fourth-order valence-corrected chi connectivity index (χ4v) is 2.20. The number of hydroxylamine groups is 1. The topological polar surface area (TPSA) is 79.6 Å². The SMILES string of the molecule is CC(=Nc1ncnc2c1CCOc1ccccc1-2)NO. The second-order valence-corrected chi connectivity index (χ2v) is 4.43. The van der Waals surface area contributed by atoms with Gasteiger partial charge in [-0.05, 0) is 19.1 Å². The van der Waals surface area contributed by atoms with E-state index in [4.69, 9.17) is 9.94 Å². The molecular formula is C14H14N4O2. The molecule has 1 aliphatic heterocycles. The van der Waals surface area contributed by atoms with Gasteiger partial charge in [-0.15, -0.1) is 0 Å². The summed E-state index contributed by atoms with van der Waals surface area (Å²) in [5, 5.41) is 8.86. The van der Waals surface area contributed by atoms with Crippen LogP contribution < -0.4 is 10.2 Å². The molecule has 2 N–H and O–H groups in total. The average molecular weight is 270 g/mol. The zero-order chi connectivity index (χ0) is 13.9. The Hall–Kier alpha value is -2.47. The minimum absolute atomic E-state index is 0.379. The highest BCUT2D eigenvalue weighted by Gasteiger charge is 2.19. The van der Waals surface area contributed by atoms with Crippen molar-refractivity contribution in [1.29, 1.82) is 0 Å². The lowest BCUT2D eigenvalue weighted by Gasteiger charge is -2.08. The molecule has 0 bridgehead atoms. The monoisotopic (exact) mass is 270 g/mol. The average Bonchev–Trinajstić information content (AvgIpc) is 2.67. The number of hydrogen-bond donors (Lipinski definition) is 2. The third kappa shape index (κ3) is 2.21. The van der Waals surface area contributed by atoms with Crippen molar-refractivity contribution in [2.24, 2.45) is 4.99 Å². The molecule has 0 fully saturated rings. The van der Waals surface area contributed by atoms with Crippen LogP contribution in [0.2, 0.25) is 0 Å². The number of ether oxygens (including phenoxy) is 1. The van der Waals surface area contributed by atoms with Crippen molar-refractivity contribution in [1.82, 2.24) is 15.4 Å². The Morgan fingerprint density at radius 1 is 1.35 bits per heavy atom. The summed E-state index contributed by atoms with van der Waals surface area (Å²) in [5.74, 6) is 1.75. The predicted molar refractivity (Wildman–Crippen MR) is 74.4 cm³/mol. The van der Waals surface area contributed by atoms with E-state index in [2.05, 4.69) is 15.0 Å². The van der Waals surface area contributed by atoms with Gasteiger partial charge in [-0.25, -0.2) is 15.0 Å². The molecule has 6 heteroatoms. The normalized spacial score (nSPS) is 13.8. The van der Waals surface area contributed by atoms with Crippen molar-refractivity contribution in [3.8, 4) is 17.0 Å². The summed E-state index contributed by atoms with van der Waals surface area (Å²) in [4.78, 5) is 12.8. The lowest BCUT2D eigenvalue weighted by molar-refractivity contribution is 0.234. The quantitative estimate of drug-likeness (QED) is 0.471. The van der Waals surface area contributed by atoms with Gasteiger partial charge in [0.2, 0.25) is 0 Å². The number of rotatable bonds is 1. The van der Waals surface area contributed by atoms with Gasteiger partial charge in [0.05, 0.1) is 12.3 Å². The molecule has 0 spiro atoms. The number of aliphatic imine (C=N–C) groups is 1. The largest absolute Gasteiger partial charge is 0.493 e. The van der Waals surface area contributed by atoms with Gasteiger partial charge in [0.15, 0.2) is 5.82 Å². The molecule has 0 unspecified atom stereocenters. The predicted octanol–water partition coefficient (Wildman–Crippen LogP) is 2.11. The van der Waals surface area contributed by atoms with E-state index in [1.165, 1.54) is 6.33 Å². The summed E-state index contributed by atoms with van der Waals surface area (Å²) in [6, 6.07) is 7.78. The summed E-state index contributed by atoms with van der Waals surface area (Å²) < 4.78 is 5.74. The van der Waals surface area contributed by atoms with Gasteiger partial charge in [-0.2, -0.15) is 0 Å². The zero-order valence-corrected chi connectivity index (χ0v) is 11.0. The van der Waals surface area contributed by atoms with E-state index in [9.17, 15) is 0 Å². The van der Waals surface area contributed by atoms with Gasteiger partial charge in [0.25, 0.3) is 0 Å². The Balaban J connectivity index is 2.18. The number of benzene rings is 1. The molecule has 1 aliphatic rings. The van der Waals surface area contributed by atoms with Crippen LogP contribution in [-0.4, -0.2) is 27.6 Å². The Kier molecular flexibility index (Phi) is 3.30. The fraction of sp³-hybridized carbons (Fsp3) is 0.214. The van der Waals surface area contributed by atoms with Crippen LogP contribution in [0.25, 0.3) is 11.3 Å². The van der Waals surface area contributed by atoms with E-state index in [0.717, 1.165) is 22.6 Å². The van der Waals surface area contributed by atoms with Crippen molar-refractivity contribution < 1.29 is 9.94 Å². The molecule has 2 heterocycles. The molecule has 2 aromatic rings. The van der Waals surface area contributed by atoms with Crippen LogP contribution in [0.4, 0.5) is 5.82 Å². The van der Waals surface area contributed by atoms with Gasteiger partial charge in [-0.1, -0.05) is 12.1 Å². The summed E-state index contributed by atoms with van der Waals surface area (Å²) in [5.41, 5.74) is 4.71. The van der Waals surface area contributed by atoms with Gasteiger partial charge < -0.3 is 4.74 Å². The molecule has 6 nitrogen and oxygen atoms in total. The van der Waals surface area contributed by atoms with E-state index in [1.54, 1.807) is 6.92 Å².